The fraction of sp³-hybridized carbons (Fsp3) is 0.286. The van der Waals surface area contributed by atoms with Gasteiger partial charge in [-0.25, -0.2) is 0 Å². The molecule has 1 atom stereocenters. The fourth-order valence-corrected chi connectivity index (χ4v) is 2.87. The first kappa shape index (κ1) is 18.0. The number of aromatic nitrogens is 1. The molecule has 1 aromatic heterocycles. The van der Waals surface area contributed by atoms with E-state index in [1.807, 2.05) is 57.2 Å². The number of carbonyl (C=O) groups excluding carboxylic acids is 1. The number of H-pyrrole nitrogens is 1. The van der Waals surface area contributed by atoms with Gasteiger partial charge in [0.25, 0.3) is 5.91 Å². The van der Waals surface area contributed by atoms with Gasteiger partial charge in [-0.3, -0.25) is 4.79 Å². The maximum atomic E-state index is 12.4. The number of hydrogen-bond acceptors (Lipinski definition) is 3. The second kappa shape index (κ2) is 7.62. The Kier molecular flexibility index (Phi) is 5.28. The Balaban J connectivity index is 1.55. The molecule has 0 saturated carbocycles. The Hall–Kier alpha value is -2.79. The van der Waals surface area contributed by atoms with Crippen molar-refractivity contribution < 1.29 is 14.6 Å². The van der Waals surface area contributed by atoms with Crippen LogP contribution < -0.4 is 10.1 Å². The van der Waals surface area contributed by atoms with Gasteiger partial charge in [-0.2, -0.15) is 0 Å². The number of hydrogen-bond donors (Lipinski definition) is 3. The van der Waals surface area contributed by atoms with Gasteiger partial charge in [0.2, 0.25) is 0 Å². The van der Waals surface area contributed by atoms with Crippen LogP contribution in [-0.4, -0.2) is 35.3 Å². The summed E-state index contributed by atoms with van der Waals surface area (Å²) in [5, 5.41) is 13.8. The predicted octanol–water partition coefficient (Wildman–Crippen LogP) is 3.26. The molecule has 5 heteroatoms. The van der Waals surface area contributed by atoms with Crippen LogP contribution in [0.2, 0.25) is 0 Å². The van der Waals surface area contributed by atoms with Crippen LogP contribution in [0.15, 0.2) is 42.5 Å². The number of nitrogens with one attached hydrogen (secondary N) is 2. The van der Waals surface area contributed by atoms with E-state index in [-0.39, 0.29) is 19.1 Å². The molecule has 0 aliphatic rings. The minimum absolute atomic E-state index is 0.124. The first-order valence-corrected chi connectivity index (χ1v) is 8.68. The maximum Gasteiger partial charge on any atom is 0.251 e. The predicted molar refractivity (Wildman–Crippen MR) is 103 cm³/mol. The van der Waals surface area contributed by atoms with Crippen molar-refractivity contribution in [2.45, 2.75) is 26.9 Å². The Morgan fingerprint density at radius 3 is 2.77 bits per heavy atom. The summed E-state index contributed by atoms with van der Waals surface area (Å²) in [6, 6.07) is 13.2. The van der Waals surface area contributed by atoms with Crippen molar-refractivity contribution >= 4 is 16.8 Å². The second-order valence-corrected chi connectivity index (χ2v) is 6.63. The van der Waals surface area contributed by atoms with Crippen LogP contribution in [0, 0.1) is 20.8 Å². The maximum absolute atomic E-state index is 12.4. The molecular weight excluding hydrogens is 328 g/mol. The van der Waals surface area contributed by atoms with Crippen molar-refractivity contribution in [1.29, 1.82) is 0 Å². The molecule has 0 radical (unpaired) electrons. The number of amides is 1. The standard InChI is InChI=1S/C21H24N2O3/c1-13-5-4-6-18(9-13)26-12-17(24)11-22-21(25)16-7-8-20-19(10-16)14(2)15(3)23-20/h4-10,17,23-24H,11-12H2,1-3H3,(H,22,25). The molecule has 1 heterocycles. The zero-order valence-corrected chi connectivity index (χ0v) is 15.3. The number of benzene rings is 2. The molecule has 136 valence electrons. The third kappa shape index (κ3) is 4.06. The lowest BCUT2D eigenvalue weighted by Crippen LogP contribution is -2.35. The molecule has 1 unspecified atom stereocenters. The Morgan fingerprint density at radius 2 is 2.00 bits per heavy atom. The lowest BCUT2D eigenvalue weighted by Gasteiger charge is -2.13. The van der Waals surface area contributed by atoms with Crippen molar-refractivity contribution in [3.8, 4) is 5.75 Å². The lowest BCUT2D eigenvalue weighted by atomic mass is 10.1. The SMILES string of the molecule is Cc1cccc(OCC(O)CNC(=O)c2ccc3[nH]c(C)c(C)c3c2)c1. The van der Waals surface area contributed by atoms with Crippen LogP contribution in [0.1, 0.15) is 27.2 Å². The summed E-state index contributed by atoms with van der Waals surface area (Å²) in [5.41, 5.74) is 4.92. The normalized spacial score (nSPS) is 12.2. The molecule has 0 aliphatic heterocycles. The summed E-state index contributed by atoms with van der Waals surface area (Å²) in [5.74, 6) is 0.499. The average Bonchev–Trinajstić information content (AvgIpc) is 2.91. The van der Waals surface area contributed by atoms with E-state index in [9.17, 15) is 9.90 Å². The monoisotopic (exact) mass is 352 g/mol. The summed E-state index contributed by atoms with van der Waals surface area (Å²) in [6.07, 6.45) is -0.778. The molecule has 0 saturated heterocycles. The summed E-state index contributed by atoms with van der Waals surface area (Å²) >= 11 is 0. The number of ether oxygens (including phenoxy) is 1. The lowest BCUT2D eigenvalue weighted by molar-refractivity contribution is 0.0844. The van der Waals surface area contributed by atoms with E-state index in [1.54, 1.807) is 6.07 Å². The van der Waals surface area contributed by atoms with E-state index >= 15 is 0 Å². The topological polar surface area (TPSA) is 74.3 Å². The zero-order valence-electron chi connectivity index (χ0n) is 15.3. The van der Waals surface area contributed by atoms with Crippen LogP contribution in [0.25, 0.3) is 10.9 Å². The number of aromatic amines is 1. The van der Waals surface area contributed by atoms with Crippen LogP contribution in [0.4, 0.5) is 0 Å². The molecular formula is C21H24N2O3. The van der Waals surface area contributed by atoms with Gasteiger partial charge in [0.1, 0.15) is 18.5 Å². The van der Waals surface area contributed by atoms with Crippen LogP contribution >= 0.6 is 0 Å². The Labute approximate surface area is 153 Å². The van der Waals surface area contributed by atoms with Crippen molar-refractivity contribution in [1.82, 2.24) is 10.3 Å². The van der Waals surface area contributed by atoms with Gasteiger partial charge in [0, 0.05) is 28.7 Å². The summed E-state index contributed by atoms with van der Waals surface area (Å²) in [7, 11) is 0. The molecule has 26 heavy (non-hydrogen) atoms. The third-order valence-electron chi connectivity index (χ3n) is 4.50. The Morgan fingerprint density at radius 1 is 1.19 bits per heavy atom. The van der Waals surface area contributed by atoms with Crippen LogP contribution in [-0.2, 0) is 0 Å². The second-order valence-electron chi connectivity index (χ2n) is 6.63. The number of rotatable bonds is 6. The van der Waals surface area contributed by atoms with Crippen LogP contribution in [0.5, 0.6) is 5.75 Å². The number of carbonyl (C=O) groups is 1. The van der Waals surface area contributed by atoms with Crippen LogP contribution in [0.3, 0.4) is 0 Å². The van der Waals surface area contributed by atoms with E-state index in [0.717, 1.165) is 27.7 Å². The molecule has 2 aromatic carbocycles. The van der Waals surface area contributed by atoms with Gasteiger partial charge in [0.15, 0.2) is 0 Å². The largest absolute Gasteiger partial charge is 0.491 e. The molecule has 0 spiro atoms. The first-order valence-electron chi connectivity index (χ1n) is 8.68. The van der Waals surface area contributed by atoms with Gasteiger partial charge >= 0.3 is 0 Å². The highest BCUT2D eigenvalue weighted by Crippen LogP contribution is 2.22. The first-order chi connectivity index (χ1) is 12.4. The summed E-state index contributed by atoms with van der Waals surface area (Å²) in [4.78, 5) is 15.6. The molecule has 0 fully saturated rings. The summed E-state index contributed by atoms with van der Waals surface area (Å²) < 4.78 is 5.56. The van der Waals surface area contributed by atoms with Crippen molar-refractivity contribution in [3.63, 3.8) is 0 Å². The van der Waals surface area contributed by atoms with Gasteiger partial charge in [0.05, 0.1) is 0 Å². The quantitative estimate of drug-likeness (QED) is 0.637. The Bertz CT molecular complexity index is 930. The highest BCUT2D eigenvalue weighted by molar-refractivity contribution is 5.99. The number of aryl methyl sites for hydroxylation is 3. The third-order valence-corrected chi connectivity index (χ3v) is 4.50. The molecule has 3 rings (SSSR count). The number of aliphatic hydroxyl groups is 1. The fourth-order valence-electron chi connectivity index (χ4n) is 2.87. The van der Waals surface area contributed by atoms with E-state index in [0.29, 0.717) is 11.3 Å². The minimum atomic E-state index is -0.778. The van der Waals surface area contributed by atoms with Gasteiger partial charge < -0.3 is 20.1 Å². The highest BCUT2D eigenvalue weighted by Gasteiger charge is 2.12. The molecule has 1 amide bonds. The van der Waals surface area contributed by atoms with E-state index < -0.39 is 6.10 Å². The van der Waals surface area contributed by atoms with Crippen molar-refractivity contribution in [2.75, 3.05) is 13.2 Å². The van der Waals surface area contributed by atoms with Gasteiger partial charge in [-0.05, 0) is 62.2 Å². The molecule has 0 aliphatic carbocycles. The van der Waals surface area contributed by atoms with E-state index in [1.165, 1.54) is 0 Å². The van der Waals surface area contributed by atoms with Gasteiger partial charge in [-0.15, -0.1) is 0 Å². The number of aliphatic hydroxyl groups excluding tert-OH is 1. The summed E-state index contributed by atoms with van der Waals surface area (Å²) in [6.45, 7) is 6.28. The van der Waals surface area contributed by atoms with Gasteiger partial charge in [-0.1, -0.05) is 12.1 Å². The smallest absolute Gasteiger partial charge is 0.251 e. The van der Waals surface area contributed by atoms with E-state index in [4.69, 9.17) is 4.74 Å². The van der Waals surface area contributed by atoms with Crippen molar-refractivity contribution in [3.05, 3.63) is 64.8 Å². The highest BCUT2D eigenvalue weighted by atomic mass is 16.5. The van der Waals surface area contributed by atoms with E-state index in [2.05, 4.69) is 10.3 Å². The van der Waals surface area contributed by atoms with Crippen molar-refractivity contribution in [2.24, 2.45) is 0 Å². The minimum Gasteiger partial charge on any atom is -0.491 e. The molecule has 0 bridgehead atoms. The molecule has 3 N–H and O–H groups in total. The molecule has 5 nitrogen and oxygen atoms in total. The zero-order chi connectivity index (χ0) is 18.7. The molecule has 3 aromatic rings. The number of fused-ring (bicyclic) bond motifs is 1. The average molecular weight is 352 g/mol.